The molecule has 4 heteroatoms. The minimum atomic E-state index is 0.259. The van der Waals surface area contributed by atoms with Crippen LogP contribution in [-0.4, -0.2) is 16.6 Å². The molecule has 1 aromatic carbocycles. The summed E-state index contributed by atoms with van der Waals surface area (Å²) >= 11 is 1.70. The van der Waals surface area contributed by atoms with Crippen molar-refractivity contribution in [1.29, 1.82) is 0 Å². The molecule has 2 N–H and O–H groups in total. The van der Waals surface area contributed by atoms with Gasteiger partial charge in [0.1, 0.15) is 5.75 Å². The van der Waals surface area contributed by atoms with E-state index in [4.69, 9.17) is 0 Å². The van der Waals surface area contributed by atoms with Gasteiger partial charge in [0, 0.05) is 30.0 Å². The van der Waals surface area contributed by atoms with E-state index in [0.717, 1.165) is 35.7 Å². The minimum Gasteiger partial charge on any atom is -0.508 e. The van der Waals surface area contributed by atoms with E-state index < -0.39 is 0 Å². The molecule has 0 aliphatic heterocycles. The molecule has 1 aliphatic rings. The number of nitrogens with zero attached hydrogens (tertiary/aromatic N) is 1. The Morgan fingerprint density at radius 3 is 2.86 bits per heavy atom. The van der Waals surface area contributed by atoms with Gasteiger partial charge in [0.25, 0.3) is 0 Å². The Morgan fingerprint density at radius 2 is 2.14 bits per heavy atom. The third-order valence-electron chi connectivity index (χ3n) is 4.35. The molecule has 1 aliphatic carbocycles. The second-order valence-electron chi connectivity index (χ2n) is 5.98. The highest BCUT2D eigenvalue weighted by Gasteiger charge is 2.31. The standard InChI is InChI=1S/C17H22N2OS/c1-10-4-5-15(20)17-14(8-11(2)16(10)17)18-7-6-13-9-21-12(3)19-13/h4-5,9,11,14,18,20H,6-8H2,1-3H3. The van der Waals surface area contributed by atoms with E-state index in [-0.39, 0.29) is 6.04 Å². The van der Waals surface area contributed by atoms with Crippen LogP contribution in [0, 0.1) is 13.8 Å². The summed E-state index contributed by atoms with van der Waals surface area (Å²) in [6, 6.07) is 4.10. The molecule has 3 nitrogen and oxygen atoms in total. The second-order valence-corrected chi connectivity index (χ2v) is 7.04. The topological polar surface area (TPSA) is 45.2 Å². The Bertz CT molecular complexity index is 650. The van der Waals surface area contributed by atoms with Crippen LogP contribution < -0.4 is 5.32 Å². The summed E-state index contributed by atoms with van der Waals surface area (Å²) in [4.78, 5) is 4.49. The minimum absolute atomic E-state index is 0.259. The summed E-state index contributed by atoms with van der Waals surface area (Å²) in [5.41, 5.74) is 4.88. The number of benzene rings is 1. The first-order valence-electron chi connectivity index (χ1n) is 7.53. The lowest BCUT2D eigenvalue weighted by Gasteiger charge is -2.15. The Labute approximate surface area is 130 Å². The Kier molecular flexibility index (Phi) is 4.00. The number of aromatic nitrogens is 1. The average Bonchev–Trinajstić information content (AvgIpc) is 2.99. The van der Waals surface area contributed by atoms with Crippen LogP contribution in [0.4, 0.5) is 0 Å². The zero-order chi connectivity index (χ0) is 15.0. The first-order chi connectivity index (χ1) is 10.1. The van der Waals surface area contributed by atoms with Crippen molar-refractivity contribution in [1.82, 2.24) is 10.3 Å². The molecule has 0 saturated heterocycles. The summed E-state index contributed by atoms with van der Waals surface area (Å²) in [5.74, 6) is 0.938. The lowest BCUT2D eigenvalue weighted by Crippen LogP contribution is -2.22. The second kappa shape index (κ2) is 5.78. The predicted molar refractivity (Wildman–Crippen MR) is 87.2 cm³/mol. The summed E-state index contributed by atoms with van der Waals surface area (Å²) in [6.07, 6.45) is 2.00. The fraction of sp³-hybridized carbons (Fsp3) is 0.471. The fourth-order valence-corrected chi connectivity index (χ4v) is 4.07. The fourth-order valence-electron chi connectivity index (χ4n) is 3.43. The van der Waals surface area contributed by atoms with Crippen LogP contribution in [0.15, 0.2) is 17.5 Å². The lowest BCUT2D eigenvalue weighted by molar-refractivity contribution is 0.446. The van der Waals surface area contributed by atoms with Gasteiger partial charge in [0.2, 0.25) is 0 Å². The van der Waals surface area contributed by atoms with Crippen molar-refractivity contribution in [2.24, 2.45) is 0 Å². The SMILES string of the molecule is Cc1nc(CCNC2CC(C)c3c(C)ccc(O)c32)cs1. The zero-order valence-corrected chi connectivity index (χ0v) is 13.6. The van der Waals surface area contributed by atoms with Gasteiger partial charge in [-0.25, -0.2) is 4.98 Å². The number of fused-ring (bicyclic) bond motifs is 1. The van der Waals surface area contributed by atoms with Crippen LogP contribution in [0.2, 0.25) is 0 Å². The number of rotatable bonds is 4. The Morgan fingerprint density at radius 1 is 1.33 bits per heavy atom. The number of hydrogen-bond donors (Lipinski definition) is 2. The van der Waals surface area contributed by atoms with Gasteiger partial charge < -0.3 is 10.4 Å². The molecular weight excluding hydrogens is 280 g/mol. The molecule has 0 fully saturated rings. The molecule has 0 amide bonds. The summed E-state index contributed by atoms with van der Waals surface area (Å²) in [7, 11) is 0. The highest BCUT2D eigenvalue weighted by atomic mass is 32.1. The highest BCUT2D eigenvalue weighted by Crippen LogP contribution is 2.45. The number of hydrogen-bond acceptors (Lipinski definition) is 4. The van der Waals surface area contributed by atoms with E-state index >= 15 is 0 Å². The molecule has 2 aromatic rings. The molecule has 2 unspecified atom stereocenters. The van der Waals surface area contributed by atoms with Crippen LogP contribution in [0.1, 0.15) is 52.7 Å². The highest BCUT2D eigenvalue weighted by molar-refractivity contribution is 7.09. The van der Waals surface area contributed by atoms with Gasteiger partial charge in [-0.3, -0.25) is 0 Å². The normalized spacial score (nSPS) is 20.7. The molecule has 112 valence electrons. The largest absolute Gasteiger partial charge is 0.508 e. The molecule has 0 saturated carbocycles. The Balaban J connectivity index is 1.70. The molecular formula is C17H22N2OS. The maximum atomic E-state index is 10.2. The molecule has 0 spiro atoms. The zero-order valence-electron chi connectivity index (χ0n) is 12.8. The molecule has 21 heavy (non-hydrogen) atoms. The van der Waals surface area contributed by atoms with Gasteiger partial charge in [0.05, 0.1) is 10.7 Å². The van der Waals surface area contributed by atoms with Crippen molar-refractivity contribution in [3.05, 3.63) is 44.9 Å². The summed E-state index contributed by atoms with van der Waals surface area (Å²) in [5, 5.41) is 17.1. The van der Waals surface area contributed by atoms with Crippen molar-refractivity contribution in [2.45, 2.75) is 45.6 Å². The van der Waals surface area contributed by atoms with Crippen LogP contribution in [0.5, 0.6) is 5.75 Å². The predicted octanol–water partition coefficient (Wildman–Crippen LogP) is 3.85. The van der Waals surface area contributed by atoms with Gasteiger partial charge in [-0.15, -0.1) is 11.3 Å². The first-order valence-corrected chi connectivity index (χ1v) is 8.41. The van der Waals surface area contributed by atoms with Crippen LogP contribution >= 0.6 is 11.3 Å². The molecule has 3 rings (SSSR count). The van der Waals surface area contributed by atoms with Gasteiger partial charge in [0.15, 0.2) is 0 Å². The molecule has 1 aromatic heterocycles. The van der Waals surface area contributed by atoms with Crippen molar-refractivity contribution in [3.8, 4) is 5.75 Å². The van der Waals surface area contributed by atoms with Crippen molar-refractivity contribution >= 4 is 11.3 Å². The van der Waals surface area contributed by atoms with E-state index in [9.17, 15) is 5.11 Å². The van der Waals surface area contributed by atoms with Crippen LogP contribution in [0.3, 0.4) is 0 Å². The van der Waals surface area contributed by atoms with Gasteiger partial charge >= 0.3 is 0 Å². The first kappa shape index (κ1) is 14.5. The molecule has 1 heterocycles. The third kappa shape index (κ3) is 2.83. The number of phenolic OH excluding ortho intramolecular Hbond substituents is 1. The van der Waals surface area contributed by atoms with Crippen molar-refractivity contribution < 1.29 is 5.11 Å². The van der Waals surface area contributed by atoms with E-state index in [1.807, 2.05) is 19.1 Å². The molecule has 0 bridgehead atoms. The van der Waals surface area contributed by atoms with Crippen molar-refractivity contribution in [2.75, 3.05) is 6.54 Å². The lowest BCUT2D eigenvalue weighted by atomic mass is 9.97. The number of nitrogens with one attached hydrogen (secondary N) is 1. The smallest absolute Gasteiger partial charge is 0.120 e. The van der Waals surface area contributed by atoms with E-state index in [2.05, 4.69) is 29.5 Å². The van der Waals surface area contributed by atoms with Crippen molar-refractivity contribution in [3.63, 3.8) is 0 Å². The summed E-state index contributed by atoms with van der Waals surface area (Å²) < 4.78 is 0. The number of aromatic hydroxyl groups is 1. The van der Waals surface area contributed by atoms with Gasteiger partial charge in [-0.2, -0.15) is 0 Å². The molecule has 0 radical (unpaired) electrons. The number of aryl methyl sites for hydroxylation is 2. The molecule has 2 atom stereocenters. The van der Waals surface area contributed by atoms with E-state index in [1.165, 1.54) is 11.1 Å². The Hall–Kier alpha value is -1.39. The summed E-state index contributed by atoms with van der Waals surface area (Å²) in [6.45, 7) is 7.32. The van der Waals surface area contributed by atoms with Gasteiger partial charge in [-0.1, -0.05) is 13.0 Å². The monoisotopic (exact) mass is 302 g/mol. The maximum Gasteiger partial charge on any atom is 0.120 e. The number of phenols is 1. The third-order valence-corrected chi connectivity index (χ3v) is 5.17. The van der Waals surface area contributed by atoms with E-state index in [0.29, 0.717) is 11.7 Å². The van der Waals surface area contributed by atoms with Gasteiger partial charge in [-0.05, 0) is 43.4 Å². The van der Waals surface area contributed by atoms with Crippen LogP contribution in [-0.2, 0) is 6.42 Å². The van der Waals surface area contributed by atoms with E-state index in [1.54, 1.807) is 11.3 Å². The maximum absolute atomic E-state index is 10.2. The number of thiazole rings is 1. The average molecular weight is 302 g/mol. The van der Waals surface area contributed by atoms with Crippen LogP contribution in [0.25, 0.3) is 0 Å². The quantitative estimate of drug-likeness (QED) is 0.902.